The summed E-state index contributed by atoms with van der Waals surface area (Å²) in [7, 11) is 0. The highest BCUT2D eigenvalue weighted by atomic mass is 19.2. The summed E-state index contributed by atoms with van der Waals surface area (Å²) in [5, 5.41) is 5.58. The highest BCUT2D eigenvalue weighted by Crippen LogP contribution is 2.17. The SMILES string of the molecule is CC(NC(=O)NCC(C)(C)N1CCOCC1)c1ccc(F)c(F)c1. The van der Waals surface area contributed by atoms with Crippen LogP contribution in [0.4, 0.5) is 13.6 Å². The molecule has 0 aliphatic carbocycles. The predicted molar refractivity (Wildman–Crippen MR) is 87.8 cm³/mol. The van der Waals surface area contributed by atoms with Crippen LogP contribution >= 0.6 is 0 Å². The van der Waals surface area contributed by atoms with Crippen molar-refractivity contribution in [2.24, 2.45) is 0 Å². The lowest BCUT2D eigenvalue weighted by molar-refractivity contribution is -0.00876. The summed E-state index contributed by atoms with van der Waals surface area (Å²) in [5.41, 5.74) is 0.322. The summed E-state index contributed by atoms with van der Waals surface area (Å²) in [6.45, 7) is 9.40. The minimum atomic E-state index is -0.921. The number of carbonyl (C=O) groups is 1. The number of rotatable bonds is 5. The van der Waals surface area contributed by atoms with E-state index in [2.05, 4.69) is 29.4 Å². The Balaban J connectivity index is 1.84. The molecule has 0 saturated carbocycles. The van der Waals surface area contributed by atoms with Gasteiger partial charge in [0, 0.05) is 25.2 Å². The molecule has 1 fully saturated rings. The van der Waals surface area contributed by atoms with E-state index in [1.165, 1.54) is 6.07 Å². The average Bonchev–Trinajstić information content (AvgIpc) is 2.56. The van der Waals surface area contributed by atoms with Gasteiger partial charge in [-0.3, -0.25) is 4.90 Å². The Kier molecular flexibility index (Phi) is 6.12. The Morgan fingerprint density at radius 2 is 1.96 bits per heavy atom. The molecule has 1 aliphatic heterocycles. The first-order valence-corrected chi connectivity index (χ1v) is 8.12. The highest BCUT2D eigenvalue weighted by molar-refractivity contribution is 5.74. The Morgan fingerprint density at radius 3 is 2.58 bits per heavy atom. The maximum absolute atomic E-state index is 13.3. The van der Waals surface area contributed by atoms with Gasteiger partial charge in [-0.2, -0.15) is 0 Å². The van der Waals surface area contributed by atoms with Crippen molar-refractivity contribution in [1.29, 1.82) is 0 Å². The number of hydrogen-bond donors (Lipinski definition) is 2. The van der Waals surface area contributed by atoms with Crippen molar-refractivity contribution in [2.75, 3.05) is 32.8 Å². The fourth-order valence-electron chi connectivity index (χ4n) is 2.69. The molecule has 1 aromatic carbocycles. The van der Waals surface area contributed by atoms with Crippen LogP contribution in [0.15, 0.2) is 18.2 Å². The van der Waals surface area contributed by atoms with E-state index < -0.39 is 17.7 Å². The minimum Gasteiger partial charge on any atom is -0.379 e. The van der Waals surface area contributed by atoms with E-state index in [0.29, 0.717) is 25.3 Å². The molecule has 0 radical (unpaired) electrons. The summed E-state index contributed by atoms with van der Waals surface area (Å²) in [6.07, 6.45) is 0. The van der Waals surface area contributed by atoms with Gasteiger partial charge in [-0.25, -0.2) is 13.6 Å². The van der Waals surface area contributed by atoms with Crippen LogP contribution in [0.2, 0.25) is 0 Å². The molecular weight excluding hydrogens is 316 g/mol. The molecule has 0 bridgehead atoms. The van der Waals surface area contributed by atoms with E-state index >= 15 is 0 Å². The molecule has 0 spiro atoms. The first-order chi connectivity index (χ1) is 11.3. The van der Waals surface area contributed by atoms with Crippen molar-refractivity contribution < 1.29 is 18.3 Å². The standard InChI is InChI=1S/C17H25F2N3O2/c1-12(13-4-5-14(18)15(19)10-13)21-16(23)20-11-17(2,3)22-6-8-24-9-7-22/h4-5,10,12H,6-9,11H2,1-3H3,(H2,20,21,23). The number of nitrogens with zero attached hydrogens (tertiary/aromatic N) is 1. The molecule has 0 aromatic heterocycles. The maximum Gasteiger partial charge on any atom is 0.315 e. The van der Waals surface area contributed by atoms with Crippen LogP contribution in [0.1, 0.15) is 32.4 Å². The number of hydrogen-bond acceptors (Lipinski definition) is 3. The van der Waals surface area contributed by atoms with Crippen LogP contribution in [-0.4, -0.2) is 49.3 Å². The number of carbonyl (C=O) groups excluding carboxylic acids is 1. The number of ether oxygens (including phenoxy) is 1. The smallest absolute Gasteiger partial charge is 0.315 e. The summed E-state index contributed by atoms with van der Waals surface area (Å²) in [4.78, 5) is 14.3. The molecule has 1 aromatic rings. The molecule has 1 saturated heterocycles. The van der Waals surface area contributed by atoms with Gasteiger partial charge in [-0.1, -0.05) is 6.07 Å². The molecular formula is C17H25F2N3O2. The molecule has 1 aliphatic rings. The van der Waals surface area contributed by atoms with Crippen molar-refractivity contribution in [3.8, 4) is 0 Å². The van der Waals surface area contributed by atoms with E-state index in [0.717, 1.165) is 25.2 Å². The van der Waals surface area contributed by atoms with E-state index in [4.69, 9.17) is 4.74 Å². The van der Waals surface area contributed by atoms with Gasteiger partial charge < -0.3 is 15.4 Å². The van der Waals surface area contributed by atoms with Crippen LogP contribution in [-0.2, 0) is 4.74 Å². The zero-order valence-electron chi connectivity index (χ0n) is 14.4. The van der Waals surface area contributed by atoms with Gasteiger partial charge in [0.2, 0.25) is 0 Å². The van der Waals surface area contributed by atoms with Crippen LogP contribution in [0.5, 0.6) is 0 Å². The molecule has 7 heteroatoms. The van der Waals surface area contributed by atoms with Crippen molar-refractivity contribution in [1.82, 2.24) is 15.5 Å². The van der Waals surface area contributed by atoms with Gasteiger partial charge in [0.15, 0.2) is 11.6 Å². The monoisotopic (exact) mass is 341 g/mol. The summed E-state index contributed by atoms with van der Waals surface area (Å²) >= 11 is 0. The van der Waals surface area contributed by atoms with Crippen LogP contribution in [0.25, 0.3) is 0 Å². The lowest BCUT2D eigenvalue weighted by atomic mass is 10.0. The molecule has 2 rings (SSSR count). The second-order valence-electron chi connectivity index (χ2n) is 6.63. The van der Waals surface area contributed by atoms with Crippen molar-refractivity contribution in [3.63, 3.8) is 0 Å². The lowest BCUT2D eigenvalue weighted by Gasteiger charge is -2.40. The van der Waals surface area contributed by atoms with Gasteiger partial charge >= 0.3 is 6.03 Å². The number of urea groups is 1. The lowest BCUT2D eigenvalue weighted by Crippen LogP contribution is -2.56. The number of nitrogens with one attached hydrogen (secondary N) is 2. The van der Waals surface area contributed by atoms with Gasteiger partial charge in [0.1, 0.15) is 0 Å². The molecule has 134 valence electrons. The van der Waals surface area contributed by atoms with Crippen LogP contribution in [0.3, 0.4) is 0 Å². The maximum atomic E-state index is 13.3. The third-order valence-corrected chi connectivity index (χ3v) is 4.34. The third kappa shape index (κ3) is 4.88. The topological polar surface area (TPSA) is 53.6 Å². The van der Waals surface area contributed by atoms with Crippen LogP contribution < -0.4 is 10.6 Å². The molecule has 1 atom stereocenters. The van der Waals surface area contributed by atoms with Gasteiger partial charge in [0.25, 0.3) is 0 Å². The van der Waals surface area contributed by atoms with Crippen molar-refractivity contribution >= 4 is 6.03 Å². The summed E-state index contributed by atoms with van der Waals surface area (Å²) in [5.74, 6) is -1.82. The quantitative estimate of drug-likeness (QED) is 0.865. The molecule has 1 unspecified atom stereocenters. The number of halogens is 2. The second kappa shape index (κ2) is 7.90. The van der Waals surface area contributed by atoms with Crippen LogP contribution in [0, 0.1) is 11.6 Å². The fourth-order valence-corrected chi connectivity index (χ4v) is 2.69. The fraction of sp³-hybridized carbons (Fsp3) is 0.588. The van der Waals surface area contributed by atoms with E-state index in [-0.39, 0.29) is 11.6 Å². The third-order valence-electron chi connectivity index (χ3n) is 4.34. The predicted octanol–water partition coefficient (Wildman–Crippen LogP) is 2.44. The van der Waals surface area contributed by atoms with Gasteiger partial charge in [-0.05, 0) is 38.5 Å². The van der Waals surface area contributed by atoms with E-state index in [9.17, 15) is 13.6 Å². The van der Waals surface area contributed by atoms with Crippen molar-refractivity contribution in [2.45, 2.75) is 32.4 Å². The number of amides is 2. The first kappa shape index (κ1) is 18.6. The molecule has 2 amide bonds. The Labute approximate surface area is 141 Å². The zero-order chi connectivity index (χ0) is 17.7. The van der Waals surface area contributed by atoms with Gasteiger partial charge in [-0.15, -0.1) is 0 Å². The van der Waals surface area contributed by atoms with E-state index in [1.54, 1.807) is 6.92 Å². The zero-order valence-corrected chi connectivity index (χ0v) is 14.4. The molecule has 1 heterocycles. The Bertz CT molecular complexity index is 575. The van der Waals surface area contributed by atoms with E-state index in [1.807, 2.05) is 0 Å². The molecule has 5 nitrogen and oxygen atoms in total. The average molecular weight is 341 g/mol. The summed E-state index contributed by atoms with van der Waals surface area (Å²) in [6, 6.07) is 2.85. The Hall–Kier alpha value is -1.73. The number of morpholine rings is 1. The highest BCUT2D eigenvalue weighted by Gasteiger charge is 2.28. The van der Waals surface area contributed by atoms with Crippen molar-refractivity contribution in [3.05, 3.63) is 35.4 Å². The normalized spacial score (nSPS) is 17.4. The van der Waals surface area contributed by atoms with Gasteiger partial charge in [0.05, 0.1) is 19.3 Å². The largest absolute Gasteiger partial charge is 0.379 e. The number of benzene rings is 1. The Morgan fingerprint density at radius 1 is 1.29 bits per heavy atom. The molecule has 2 N–H and O–H groups in total. The minimum absolute atomic E-state index is 0.188. The molecule has 24 heavy (non-hydrogen) atoms. The summed E-state index contributed by atoms with van der Waals surface area (Å²) < 4.78 is 31.6. The first-order valence-electron chi connectivity index (χ1n) is 8.12. The second-order valence-corrected chi connectivity index (χ2v) is 6.63.